The van der Waals surface area contributed by atoms with Gasteiger partial charge in [-0.15, -0.1) is 0 Å². The lowest BCUT2D eigenvalue weighted by molar-refractivity contribution is -0.129. The van der Waals surface area contributed by atoms with Crippen LogP contribution in [0.2, 0.25) is 0 Å². The summed E-state index contributed by atoms with van der Waals surface area (Å²) in [6, 6.07) is 12.4. The van der Waals surface area contributed by atoms with Crippen LogP contribution in [0.1, 0.15) is 24.7 Å². The Morgan fingerprint density at radius 3 is 2.48 bits per heavy atom. The molecule has 0 aliphatic carbocycles. The first kappa shape index (κ1) is 22.7. The Bertz CT molecular complexity index is 854. The van der Waals surface area contributed by atoms with Crippen molar-refractivity contribution in [1.29, 1.82) is 0 Å². The fourth-order valence-corrected chi connectivity index (χ4v) is 3.78. The van der Waals surface area contributed by atoms with Gasteiger partial charge in [0.15, 0.2) is 5.96 Å². The number of benzene rings is 1. The van der Waals surface area contributed by atoms with Crippen LogP contribution in [0, 0.1) is 13.8 Å². The van der Waals surface area contributed by atoms with Gasteiger partial charge in [-0.3, -0.25) is 9.48 Å². The van der Waals surface area contributed by atoms with Crippen LogP contribution in [0.15, 0.2) is 41.4 Å². The highest BCUT2D eigenvalue weighted by molar-refractivity contribution is 5.85. The van der Waals surface area contributed by atoms with Gasteiger partial charge in [-0.05, 0) is 45.4 Å². The molecule has 1 aromatic heterocycles. The van der Waals surface area contributed by atoms with E-state index >= 15 is 0 Å². The summed E-state index contributed by atoms with van der Waals surface area (Å²) in [5.41, 5.74) is 3.44. The molecule has 8 nitrogen and oxygen atoms in total. The molecule has 2 N–H and O–H groups in total. The molecule has 0 radical (unpaired) electrons. The van der Waals surface area contributed by atoms with Gasteiger partial charge in [0.1, 0.15) is 6.54 Å². The van der Waals surface area contributed by atoms with E-state index in [1.54, 1.807) is 0 Å². The molecule has 1 aliphatic heterocycles. The van der Waals surface area contributed by atoms with Gasteiger partial charge in [0.25, 0.3) is 0 Å². The number of hydrogen-bond donors (Lipinski definition) is 2. The molecule has 168 valence electrons. The summed E-state index contributed by atoms with van der Waals surface area (Å²) in [6.07, 6.45) is 0.932. The smallest absolute Gasteiger partial charge is 0.244 e. The largest absolute Gasteiger partial charge is 0.368 e. The van der Waals surface area contributed by atoms with Gasteiger partial charge in [-0.1, -0.05) is 18.2 Å². The van der Waals surface area contributed by atoms with Crippen molar-refractivity contribution in [2.45, 2.75) is 33.7 Å². The minimum atomic E-state index is 0.0764. The topological polar surface area (TPSA) is 77.8 Å². The SMILES string of the molecule is CCNC(=NCC(=O)N1CCN(c2ccccc2)CC1)NCCCn1nc(C)cc1C. The highest BCUT2D eigenvalue weighted by Gasteiger charge is 2.21. The molecule has 8 heteroatoms. The van der Waals surface area contributed by atoms with Crippen molar-refractivity contribution < 1.29 is 4.79 Å². The number of aryl methyl sites for hydroxylation is 3. The predicted molar refractivity (Wildman–Crippen MR) is 126 cm³/mol. The minimum absolute atomic E-state index is 0.0764. The van der Waals surface area contributed by atoms with Gasteiger partial charge in [-0.25, -0.2) is 4.99 Å². The second kappa shape index (κ2) is 11.4. The Balaban J connectivity index is 1.42. The zero-order valence-corrected chi connectivity index (χ0v) is 19.0. The van der Waals surface area contributed by atoms with Gasteiger partial charge in [0.05, 0.1) is 5.69 Å². The molecule has 1 saturated heterocycles. The molecule has 1 fully saturated rings. The molecule has 1 aliphatic rings. The molecular formula is C23H35N7O. The molecule has 1 aromatic carbocycles. The van der Waals surface area contributed by atoms with E-state index in [1.165, 1.54) is 11.4 Å². The van der Waals surface area contributed by atoms with Gasteiger partial charge < -0.3 is 20.4 Å². The summed E-state index contributed by atoms with van der Waals surface area (Å²) in [7, 11) is 0. The third-order valence-corrected chi connectivity index (χ3v) is 5.41. The number of guanidine groups is 1. The number of para-hydroxylation sites is 1. The summed E-state index contributed by atoms with van der Waals surface area (Å²) in [5, 5.41) is 11.0. The lowest BCUT2D eigenvalue weighted by Crippen LogP contribution is -2.49. The maximum absolute atomic E-state index is 12.6. The van der Waals surface area contributed by atoms with E-state index in [9.17, 15) is 4.79 Å². The highest BCUT2D eigenvalue weighted by atomic mass is 16.2. The number of aromatic nitrogens is 2. The van der Waals surface area contributed by atoms with Gasteiger partial charge >= 0.3 is 0 Å². The molecule has 0 atom stereocenters. The molecule has 2 heterocycles. The van der Waals surface area contributed by atoms with Crippen LogP contribution in [0.25, 0.3) is 0 Å². The number of carbonyl (C=O) groups is 1. The normalized spacial score (nSPS) is 14.6. The quantitative estimate of drug-likeness (QED) is 0.383. The molecule has 0 unspecified atom stereocenters. The first-order chi connectivity index (χ1) is 15.1. The van der Waals surface area contributed by atoms with Crippen molar-refractivity contribution in [3.05, 3.63) is 47.8 Å². The van der Waals surface area contributed by atoms with E-state index in [-0.39, 0.29) is 12.5 Å². The van der Waals surface area contributed by atoms with E-state index in [0.29, 0.717) is 5.96 Å². The number of rotatable bonds is 8. The second-order valence-electron chi connectivity index (χ2n) is 7.83. The number of hydrogen-bond acceptors (Lipinski definition) is 4. The maximum atomic E-state index is 12.6. The number of carbonyl (C=O) groups excluding carboxylic acids is 1. The summed E-state index contributed by atoms with van der Waals surface area (Å²) >= 11 is 0. The van der Waals surface area contributed by atoms with Crippen LogP contribution >= 0.6 is 0 Å². The van der Waals surface area contributed by atoms with Crippen LogP contribution in [-0.2, 0) is 11.3 Å². The monoisotopic (exact) mass is 425 g/mol. The summed E-state index contributed by atoms with van der Waals surface area (Å²) in [5.74, 6) is 0.764. The van der Waals surface area contributed by atoms with Crippen LogP contribution in [0.4, 0.5) is 5.69 Å². The van der Waals surface area contributed by atoms with Crippen molar-refractivity contribution >= 4 is 17.6 Å². The zero-order chi connectivity index (χ0) is 22.1. The Kier molecular flexibility index (Phi) is 8.32. The first-order valence-corrected chi connectivity index (χ1v) is 11.2. The number of amides is 1. The highest BCUT2D eigenvalue weighted by Crippen LogP contribution is 2.15. The Hall–Kier alpha value is -3.03. The van der Waals surface area contributed by atoms with Crippen LogP contribution in [-0.4, -0.2) is 72.4 Å². The molecular weight excluding hydrogens is 390 g/mol. The third-order valence-electron chi connectivity index (χ3n) is 5.41. The lowest BCUT2D eigenvalue weighted by Gasteiger charge is -2.36. The number of nitrogens with one attached hydrogen (secondary N) is 2. The van der Waals surface area contributed by atoms with E-state index < -0.39 is 0 Å². The Morgan fingerprint density at radius 2 is 1.84 bits per heavy atom. The van der Waals surface area contributed by atoms with E-state index in [2.05, 4.69) is 50.7 Å². The van der Waals surface area contributed by atoms with Crippen molar-refractivity contribution in [3.63, 3.8) is 0 Å². The number of aliphatic imine (C=N–C) groups is 1. The predicted octanol–water partition coefficient (Wildman–Crippen LogP) is 1.79. The maximum Gasteiger partial charge on any atom is 0.244 e. The average molecular weight is 426 g/mol. The fourth-order valence-electron chi connectivity index (χ4n) is 3.78. The standard InChI is InChI=1S/C23H35N7O/c1-4-24-23(25-11-8-12-30-20(3)17-19(2)27-30)26-18-22(31)29-15-13-28(14-16-29)21-9-6-5-7-10-21/h5-7,9-10,17H,4,8,11-16,18H2,1-3H3,(H2,24,25,26). The number of nitrogens with zero attached hydrogens (tertiary/aromatic N) is 5. The van der Waals surface area contributed by atoms with Crippen molar-refractivity contribution in [1.82, 2.24) is 25.3 Å². The van der Waals surface area contributed by atoms with Crippen LogP contribution < -0.4 is 15.5 Å². The summed E-state index contributed by atoms with van der Waals surface area (Å²) < 4.78 is 2.03. The molecule has 0 bridgehead atoms. The van der Waals surface area contributed by atoms with Gasteiger partial charge in [0.2, 0.25) is 5.91 Å². The number of piperazine rings is 1. The average Bonchev–Trinajstić information content (AvgIpc) is 3.12. The molecule has 0 spiro atoms. The Labute approximate surface area is 185 Å². The fraction of sp³-hybridized carbons (Fsp3) is 0.522. The molecule has 0 saturated carbocycles. The van der Waals surface area contributed by atoms with E-state index in [0.717, 1.165) is 57.9 Å². The molecule has 1 amide bonds. The number of anilines is 1. The van der Waals surface area contributed by atoms with Crippen molar-refractivity contribution in [3.8, 4) is 0 Å². The van der Waals surface area contributed by atoms with Crippen LogP contribution in [0.5, 0.6) is 0 Å². The molecule has 31 heavy (non-hydrogen) atoms. The van der Waals surface area contributed by atoms with E-state index in [4.69, 9.17) is 0 Å². The summed E-state index contributed by atoms with van der Waals surface area (Å²) in [6.45, 7) is 11.8. The molecule has 3 rings (SSSR count). The first-order valence-electron chi connectivity index (χ1n) is 11.2. The summed E-state index contributed by atoms with van der Waals surface area (Å²) in [4.78, 5) is 21.4. The Morgan fingerprint density at radius 1 is 1.10 bits per heavy atom. The van der Waals surface area contributed by atoms with Crippen molar-refractivity contribution in [2.75, 3.05) is 50.7 Å². The van der Waals surface area contributed by atoms with E-state index in [1.807, 2.05) is 41.6 Å². The van der Waals surface area contributed by atoms with Gasteiger partial charge in [0, 0.05) is 57.2 Å². The third kappa shape index (κ3) is 6.73. The van der Waals surface area contributed by atoms with Crippen molar-refractivity contribution in [2.24, 2.45) is 4.99 Å². The molecule has 2 aromatic rings. The minimum Gasteiger partial charge on any atom is -0.368 e. The second-order valence-corrected chi connectivity index (χ2v) is 7.83. The van der Waals surface area contributed by atoms with Crippen LogP contribution in [0.3, 0.4) is 0 Å². The lowest BCUT2D eigenvalue weighted by atomic mass is 10.2. The zero-order valence-electron chi connectivity index (χ0n) is 19.0. The van der Waals surface area contributed by atoms with Gasteiger partial charge in [-0.2, -0.15) is 5.10 Å².